The van der Waals surface area contributed by atoms with Crippen LogP contribution in [-0.2, 0) is 24.4 Å². The molecule has 0 atom stereocenters. The highest BCUT2D eigenvalue weighted by molar-refractivity contribution is 7.09. The Kier molecular flexibility index (Phi) is 4.65. The lowest BCUT2D eigenvalue weighted by atomic mass is 10.3. The van der Waals surface area contributed by atoms with E-state index >= 15 is 0 Å². The van der Waals surface area contributed by atoms with E-state index in [1.54, 1.807) is 28.6 Å². The van der Waals surface area contributed by atoms with Gasteiger partial charge in [0.15, 0.2) is 0 Å². The third kappa shape index (κ3) is 3.82. The first-order valence-corrected chi connectivity index (χ1v) is 7.84. The Bertz CT molecular complexity index is 641. The number of aromatic nitrogens is 3. The maximum absolute atomic E-state index is 12.5. The fraction of sp³-hybridized carbons (Fsp3) is 0.267. The Morgan fingerprint density at radius 2 is 2.27 bits per heavy atom. The maximum Gasteiger partial charge on any atom is 0.225 e. The van der Waals surface area contributed by atoms with Crippen molar-refractivity contribution in [1.29, 1.82) is 0 Å². The standard InChI is InChI=1S/C15H16N4O2S/c20-15(5-6-19-12-16-11-17-19)18(9-13-3-1-7-21-13)10-14-4-2-8-22-14/h1-4,7-8,11-12H,5-6,9-10H2. The van der Waals surface area contributed by atoms with Gasteiger partial charge in [0.25, 0.3) is 0 Å². The topological polar surface area (TPSA) is 64.2 Å². The van der Waals surface area contributed by atoms with Crippen LogP contribution in [0.25, 0.3) is 0 Å². The molecule has 0 aliphatic carbocycles. The first-order valence-electron chi connectivity index (χ1n) is 6.96. The number of hydrogen-bond acceptors (Lipinski definition) is 5. The van der Waals surface area contributed by atoms with E-state index in [4.69, 9.17) is 4.42 Å². The van der Waals surface area contributed by atoms with Gasteiger partial charge in [-0.2, -0.15) is 5.10 Å². The number of hydrogen-bond donors (Lipinski definition) is 0. The largest absolute Gasteiger partial charge is 0.467 e. The van der Waals surface area contributed by atoms with E-state index < -0.39 is 0 Å². The predicted octanol–water partition coefficient (Wildman–Crippen LogP) is 2.55. The van der Waals surface area contributed by atoms with Crippen molar-refractivity contribution in [2.45, 2.75) is 26.1 Å². The highest BCUT2D eigenvalue weighted by Crippen LogP contribution is 2.16. The second-order valence-corrected chi connectivity index (χ2v) is 5.85. The molecule has 3 aromatic rings. The summed E-state index contributed by atoms with van der Waals surface area (Å²) in [5, 5.41) is 6.03. The van der Waals surface area contributed by atoms with Gasteiger partial charge in [0.2, 0.25) is 5.91 Å². The predicted molar refractivity (Wildman–Crippen MR) is 81.9 cm³/mol. The smallest absolute Gasteiger partial charge is 0.225 e. The van der Waals surface area contributed by atoms with Crippen LogP contribution in [0.5, 0.6) is 0 Å². The normalized spacial score (nSPS) is 10.7. The molecule has 7 heteroatoms. The van der Waals surface area contributed by atoms with E-state index in [1.807, 2.05) is 34.5 Å². The summed E-state index contributed by atoms with van der Waals surface area (Å²) in [5.41, 5.74) is 0. The number of rotatable bonds is 7. The van der Waals surface area contributed by atoms with Crippen molar-refractivity contribution in [1.82, 2.24) is 19.7 Å². The third-order valence-corrected chi connectivity index (χ3v) is 4.09. The average molecular weight is 316 g/mol. The van der Waals surface area contributed by atoms with E-state index in [1.165, 1.54) is 6.33 Å². The highest BCUT2D eigenvalue weighted by Gasteiger charge is 2.16. The summed E-state index contributed by atoms with van der Waals surface area (Å²) in [5.74, 6) is 0.853. The zero-order valence-corrected chi connectivity index (χ0v) is 12.8. The number of amides is 1. The number of furan rings is 1. The van der Waals surface area contributed by atoms with E-state index in [0.29, 0.717) is 26.1 Å². The minimum absolute atomic E-state index is 0.0697. The molecule has 1 amide bonds. The fourth-order valence-corrected chi connectivity index (χ4v) is 2.85. The van der Waals surface area contributed by atoms with Crippen LogP contribution in [-0.4, -0.2) is 25.6 Å². The third-order valence-electron chi connectivity index (χ3n) is 3.23. The number of thiophene rings is 1. The van der Waals surface area contributed by atoms with Crippen LogP contribution in [0.2, 0.25) is 0 Å². The van der Waals surface area contributed by atoms with Gasteiger partial charge >= 0.3 is 0 Å². The summed E-state index contributed by atoms with van der Waals surface area (Å²) in [7, 11) is 0. The van der Waals surface area contributed by atoms with Crippen LogP contribution in [0.3, 0.4) is 0 Å². The number of nitrogens with zero attached hydrogens (tertiary/aromatic N) is 4. The molecule has 3 heterocycles. The number of aryl methyl sites for hydroxylation is 1. The molecule has 3 rings (SSSR count). The van der Waals surface area contributed by atoms with E-state index in [9.17, 15) is 4.79 Å². The summed E-state index contributed by atoms with van der Waals surface area (Å²) in [6.07, 6.45) is 5.09. The second-order valence-electron chi connectivity index (χ2n) is 4.82. The lowest BCUT2D eigenvalue weighted by Gasteiger charge is -2.21. The minimum atomic E-state index is 0.0697. The molecule has 0 spiro atoms. The Hall–Kier alpha value is -2.41. The van der Waals surface area contributed by atoms with Gasteiger partial charge in [0.1, 0.15) is 18.4 Å². The van der Waals surface area contributed by atoms with Crippen molar-refractivity contribution in [3.63, 3.8) is 0 Å². The van der Waals surface area contributed by atoms with Crippen molar-refractivity contribution in [2.75, 3.05) is 0 Å². The van der Waals surface area contributed by atoms with Crippen molar-refractivity contribution >= 4 is 17.2 Å². The van der Waals surface area contributed by atoms with Gasteiger partial charge in [-0.15, -0.1) is 11.3 Å². The first kappa shape index (κ1) is 14.5. The number of carbonyl (C=O) groups excluding carboxylic acids is 1. The highest BCUT2D eigenvalue weighted by atomic mass is 32.1. The summed E-state index contributed by atoms with van der Waals surface area (Å²) in [6.45, 7) is 1.59. The zero-order valence-electron chi connectivity index (χ0n) is 12.0. The summed E-state index contributed by atoms with van der Waals surface area (Å²) >= 11 is 1.65. The van der Waals surface area contributed by atoms with E-state index in [-0.39, 0.29) is 5.91 Å². The molecular formula is C15H16N4O2S. The summed E-state index contributed by atoms with van der Waals surface area (Å²) in [4.78, 5) is 19.4. The maximum atomic E-state index is 12.5. The van der Waals surface area contributed by atoms with Gasteiger partial charge in [0.05, 0.1) is 25.9 Å². The molecule has 6 nitrogen and oxygen atoms in total. The van der Waals surface area contributed by atoms with Gasteiger partial charge in [-0.25, -0.2) is 4.98 Å². The van der Waals surface area contributed by atoms with E-state index in [0.717, 1.165) is 10.6 Å². The molecule has 0 saturated heterocycles. The van der Waals surface area contributed by atoms with Crippen molar-refractivity contribution in [3.8, 4) is 0 Å². The van der Waals surface area contributed by atoms with Crippen LogP contribution in [0, 0.1) is 0 Å². The molecule has 0 bridgehead atoms. The Morgan fingerprint density at radius 1 is 1.32 bits per heavy atom. The molecule has 0 unspecified atom stereocenters. The van der Waals surface area contributed by atoms with Crippen LogP contribution >= 0.6 is 11.3 Å². The van der Waals surface area contributed by atoms with Gasteiger partial charge in [-0.3, -0.25) is 9.48 Å². The fourth-order valence-electron chi connectivity index (χ4n) is 2.13. The summed E-state index contributed by atoms with van der Waals surface area (Å²) < 4.78 is 7.03. The van der Waals surface area contributed by atoms with Crippen LogP contribution in [0.4, 0.5) is 0 Å². The number of carbonyl (C=O) groups is 1. The van der Waals surface area contributed by atoms with Crippen molar-refractivity contribution in [2.24, 2.45) is 0 Å². The monoisotopic (exact) mass is 316 g/mol. The quantitative estimate of drug-likeness (QED) is 0.672. The van der Waals surface area contributed by atoms with Crippen LogP contribution in [0.1, 0.15) is 17.1 Å². The molecule has 0 aliphatic rings. The van der Waals surface area contributed by atoms with Gasteiger partial charge < -0.3 is 9.32 Å². The molecule has 0 fully saturated rings. The van der Waals surface area contributed by atoms with Gasteiger partial charge in [-0.1, -0.05) is 6.07 Å². The van der Waals surface area contributed by atoms with Crippen LogP contribution in [0.15, 0.2) is 53.0 Å². The van der Waals surface area contributed by atoms with E-state index in [2.05, 4.69) is 10.1 Å². The molecule has 0 saturated carbocycles. The molecule has 0 radical (unpaired) electrons. The molecule has 3 aromatic heterocycles. The average Bonchev–Trinajstić information content (AvgIpc) is 3.27. The molecule has 114 valence electrons. The van der Waals surface area contributed by atoms with Gasteiger partial charge in [0, 0.05) is 11.3 Å². The lowest BCUT2D eigenvalue weighted by Crippen LogP contribution is -2.30. The summed E-state index contributed by atoms with van der Waals surface area (Å²) in [6, 6.07) is 7.74. The molecule has 0 aromatic carbocycles. The molecule has 22 heavy (non-hydrogen) atoms. The molecule has 0 N–H and O–H groups in total. The SMILES string of the molecule is O=C(CCn1cncn1)N(Cc1ccco1)Cc1cccs1. The minimum Gasteiger partial charge on any atom is -0.467 e. The van der Waals surface area contributed by atoms with Crippen molar-refractivity contribution < 1.29 is 9.21 Å². The Balaban J connectivity index is 1.64. The van der Waals surface area contributed by atoms with Crippen molar-refractivity contribution in [3.05, 3.63) is 59.2 Å². The second kappa shape index (κ2) is 7.04. The molecule has 0 aliphatic heterocycles. The Labute approximate surface area is 132 Å². The van der Waals surface area contributed by atoms with Crippen LogP contribution < -0.4 is 0 Å². The zero-order chi connectivity index (χ0) is 15.2. The first-order chi connectivity index (χ1) is 10.8. The molecular weight excluding hydrogens is 300 g/mol. The lowest BCUT2D eigenvalue weighted by molar-refractivity contribution is -0.133. The van der Waals surface area contributed by atoms with Gasteiger partial charge in [-0.05, 0) is 23.6 Å². The Morgan fingerprint density at radius 3 is 2.95 bits per heavy atom.